The number of fused-ring (bicyclic) bond motifs is 1. The van der Waals surface area contributed by atoms with Crippen molar-refractivity contribution in [2.24, 2.45) is 0 Å². The first kappa shape index (κ1) is 13.9. The highest BCUT2D eigenvalue weighted by atomic mass is 35.5. The van der Waals surface area contributed by atoms with Gasteiger partial charge < -0.3 is 4.98 Å². The van der Waals surface area contributed by atoms with Crippen LogP contribution in [0.2, 0.25) is 10.0 Å². The van der Waals surface area contributed by atoms with Gasteiger partial charge in [0.25, 0.3) is 0 Å². The van der Waals surface area contributed by atoms with Crippen molar-refractivity contribution >= 4 is 46.0 Å². The molecule has 0 amide bonds. The minimum Gasteiger partial charge on any atom is -0.360 e. The summed E-state index contributed by atoms with van der Waals surface area (Å²) in [5.74, 6) is -0.0940. The van der Waals surface area contributed by atoms with Crippen molar-refractivity contribution in [3.63, 3.8) is 0 Å². The molecule has 0 aliphatic carbocycles. The average Bonchev–Trinajstić information content (AvgIpc) is 2.90. The van der Waals surface area contributed by atoms with Crippen molar-refractivity contribution in [2.45, 2.75) is 0 Å². The Morgan fingerprint density at radius 3 is 2.48 bits per heavy atom. The van der Waals surface area contributed by atoms with Crippen LogP contribution in [0.25, 0.3) is 17.0 Å². The molecule has 0 atom stereocenters. The maximum atomic E-state index is 12.3. The van der Waals surface area contributed by atoms with Gasteiger partial charge in [0.15, 0.2) is 5.78 Å². The molecule has 0 saturated heterocycles. The van der Waals surface area contributed by atoms with Gasteiger partial charge in [-0.3, -0.25) is 4.79 Å². The SMILES string of the molecule is O=C(/C=C/c1c(Cl)cccc1Cl)c1c[nH]c2ccccc12. The number of benzene rings is 2. The topological polar surface area (TPSA) is 32.9 Å². The number of halogens is 2. The third-order valence-corrected chi connectivity index (χ3v) is 3.91. The van der Waals surface area contributed by atoms with Gasteiger partial charge in [-0.05, 0) is 30.4 Å². The maximum Gasteiger partial charge on any atom is 0.188 e. The second-order valence-corrected chi connectivity index (χ2v) is 5.40. The molecule has 0 saturated carbocycles. The Morgan fingerprint density at radius 1 is 1.00 bits per heavy atom. The first-order valence-corrected chi connectivity index (χ1v) is 7.15. The molecule has 0 aliphatic rings. The molecule has 1 N–H and O–H groups in total. The molecule has 2 nitrogen and oxygen atoms in total. The van der Waals surface area contributed by atoms with Crippen LogP contribution in [0.1, 0.15) is 15.9 Å². The minimum atomic E-state index is -0.0940. The maximum absolute atomic E-state index is 12.3. The second-order valence-electron chi connectivity index (χ2n) is 4.58. The number of allylic oxidation sites excluding steroid dienone is 1. The van der Waals surface area contributed by atoms with Crippen molar-refractivity contribution in [2.75, 3.05) is 0 Å². The number of hydrogen-bond donors (Lipinski definition) is 1. The monoisotopic (exact) mass is 315 g/mol. The Balaban J connectivity index is 1.95. The van der Waals surface area contributed by atoms with Gasteiger partial charge in [-0.15, -0.1) is 0 Å². The molecule has 1 heterocycles. The van der Waals surface area contributed by atoms with Gasteiger partial charge in [-0.2, -0.15) is 0 Å². The van der Waals surface area contributed by atoms with Crippen LogP contribution in [0.5, 0.6) is 0 Å². The van der Waals surface area contributed by atoms with Gasteiger partial charge >= 0.3 is 0 Å². The molecular weight excluding hydrogens is 305 g/mol. The van der Waals surface area contributed by atoms with Crippen LogP contribution >= 0.6 is 23.2 Å². The number of carbonyl (C=O) groups is 1. The molecule has 3 rings (SSSR count). The van der Waals surface area contributed by atoms with Crippen molar-refractivity contribution in [3.8, 4) is 0 Å². The van der Waals surface area contributed by atoms with Crippen molar-refractivity contribution in [3.05, 3.63) is 75.9 Å². The predicted molar refractivity (Wildman–Crippen MR) is 88.1 cm³/mol. The van der Waals surface area contributed by atoms with Gasteiger partial charge in [0.2, 0.25) is 0 Å². The quantitative estimate of drug-likeness (QED) is 0.511. The standard InChI is InChI=1S/C17H11Cl2NO/c18-14-5-3-6-15(19)12(14)8-9-17(21)13-10-20-16-7-2-1-4-11(13)16/h1-10,20H/b9-8+. The second kappa shape index (κ2) is 5.76. The number of aromatic nitrogens is 1. The summed E-state index contributed by atoms with van der Waals surface area (Å²) in [6, 6.07) is 12.9. The molecule has 2 aromatic carbocycles. The summed E-state index contributed by atoms with van der Waals surface area (Å²) in [6.07, 6.45) is 4.85. The van der Waals surface area contributed by atoms with Gasteiger partial charge in [0, 0.05) is 38.3 Å². The summed E-state index contributed by atoms with van der Waals surface area (Å²) in [5, 5.41) is 1.94. The number of aromatic amines is 1. The minimum absolute atomic E-state index is 0.0940. The Labute approximate surface area is 132 Å². The summed E-state index contributed by atoms with van der Waals surface area (Å²) in [4.78, 5) is 15.4. The fraction of sp³-hybridized carbons (Fsp3) is 0. The number of nitrogens with one attached hydrogen (secondary N) is 1. The van der Waals surface area contributed by atoms with Crippen LogP contribution < -0.4 is 0 Å². The van der Waals surface area contributed by atoms with Crippen LogP contribution in [-0.2, 0) is 0 Å². The van der Waals surface area contributed by atoms with E-state index in [4.69, 9.17) is 23.2 Å². The zero-order chi connectivity index (χ0) is 14.8. The van der Waals surface area contributed by atoms with Crippen molar-refractivity contribution < 1.29 is 4.79 Å². The molecule has 1 aromatic heterocycles. The average molecular weight is 316 g/mol. The van der Waals surface area contributed by atoms with Crippen molar-refractivity contribution in [1.29, 1.82) is 0 Å². The summed E-state index contributed by atoms with van der Waals surface area (Å²) in [6.45, 7) is 0. The van der Waals surface area contributed by atoms with E-state index in [0.717, 1.165) is 10.9 Å². The lowest BCUT2D eigenvalue weighted by molar-refractivity contribution is 0.104. The zero-order valence-corrected chi connectivity index (χ0v) is 12.4. The fourth-order valence-corrected chi connectivity index (χ4v) is 2.72. The first-order valence-electron chi connectivity index (χ1n) is 6.39. The van der Waals surface area contributed by atoms with Crippen LogP contribution in [-0.4, -0.2) is 10.8 Å². The van der Waals surface area contributed by atoms with Gasteiger partial charge in [-0.1, -0.05) is 47.5 Å². The van der Waals surface area contributed by atoms with E-state index in [1.54, 1.807) is 30.5 Å². The van der Waals surface area contributed by atoms with Gasteiger partial charge in [0.05, 0.1) is 0 Å². The van der Waals surface area contributed by atoms with Gasteiger partial charge in [-0.25, -0.2) is 0 Å². The highest BCUT2D eigenvalue weighted by Gasteiger charge is 2.09. The van der Waals surface area contributed by atoms with E-state index in [1.807, 2.05) is 24.3 Å². The molecule has 0 spiro atoms. The van der Waals surface area contributed by atoms with Crippen LogP contribution in [0, 0.1) is 0 Å². The van der Waals surface area contributed by atoms with Crippen molar-refractivity contribution in [1.82, 2.24) is 4.98 Å². The Kier molecular flexibility index (Phi) is 3.82. The number of H-pyrrole nitrogens is 1. The molecule has 0 unspecified atom stereocenters. The van der Waals surface area contributed by atoms with E-state index in [1.165, 1.54) is 6.08 Å². The lowest BCUT2D eigenvalue weighted by atomic mass is 10.1. The summed E-state index contributed by atoms with van der Waals surface area (Å²) in [5.41, 5.74) is 2.21. The molecular formula is C17H11Cl2NO. The normalized spacial score (nSPS) is 11.3. The molecule has 104 valence electrons. The summed E-state index contributed by atoms with van der Waals surface area (Å²) < 4.78 is 0. The zero-order valence-electron chi connectivity index (χ0n) is 10.9. The lowest BCUT2D eigenvalue weighted by Crippen LogP contribution is -1.92. The highest BCUT2D eigenvalue weighted by molar-refractivity contribution is 6.37. The van der Waals surface area contributed by atoms with E-state index < -0.39 is 0 Å². The molecule has 3 aromatic rings. The summed E-state index contributed by atoms with van der Waals surface area (Å²) in [7, 11) is 0. The van der Waals surface area contributed by atoms with Crippen LogP contribution in [0.3, 0.4) is 0 Å². The molecule has 0 aliphatic heterocycles. The Hall–Kier alpha value is -2.03. The van der Waals surface area contributed by atoms with Crippen LogP contribution in [0.15, 0.2) is 54.7 Å². The highest BCUT2D eigenvalue weighted by Crippen LogP contribution is 2.26. The summed E-state index contributed by atoms with van der Waals surface area (Å²) >= 11 is 12.2. The number of hydrogen-bond acceptors (Lipinski definition) is 1. The van der Waals surface area contributed by atoms with E-state index in [-0.39, 0.29) is 5.78 Å². The molecule has 0 fully saturated rings. The van der Waals surface area contributed by atoms with E-state index >= 15 is 0 Å². The largest absolute Gasteiger partial charge is 0.360 e. The molecule has 0 radical (unpaired) electrons. The van der Waals surface area contributed by atoms with E-state index in [0.29, 0.717) is 21.2 Å². The Bertz CT molecular complexity index is 829. The first-order chi connectivity index (χ1) is 10.2. The van der Waals surface area contributed by atoms with Gasteiger partial charge in [0.1, 0.15) is 0 Å². The van der Waals surface area contributed by atoms with Crippen LogP contribution in [0.4, 0.5) is 0 Å². The lowest BCUT2D eigenvalue weighted by Gasteiger charge is -2.00. The fourth-order valence-electron chi connectivity index (χ4n) is 2.19. The smallest absolute Gasteiger partial charge is 0.188 e. The molecule has 21 heavy (non-hydrogen) atoms. The molecule has 0 bridgehead atoms. The third-order valence-electron chi connectivity index (χ3n) is 3.26. The number of para-hydroxylation sites is 1. The van der Waals surface area contributed by atoms with E-state index in [9.17, 15) is 4.79 Å². The number of rotatable bonds is 3. The third kappa shape index (κ3) is 2.73. The predicted octanol–water partition coefficient (Wildman–Crippen LogP) is 5.37. The number of carbonyl (C=O) groups excluding carboxylic acids is 1. The number of ketones is 1. The molecule has 4 heteroatoms. The van der Waals surface area contributed by atoms with E-state index in [2.05, 4.69) is 4.98 Å². The Morgan fingerprint density at radius 2 is 1.71 bits per heavy atom.